The first-order valence-corrected chi connectivity index (χ1v) is 7.32. The topological polar surface area (TPSA) is 61.8 Å². The lowest BCUT2D eigenvalue weighted by Crippen LogP contribution is -2.67. The smallest absolute Gasteiger partial charge is 0.256 e. The summed E-state index contributed by atoms with van der Waals surface area (Å²) in [6.45, 7) is 8.16. The first kappa shape index (κ1) is 16.6. The number of Topliss-reactive ketones (excluding diaryl/α,β-unsaturated/α-hetero) is 2. The molecule has 3 atom stereocenters. The van der Waals surface area contributed by atoms with Gasteiger partial charge in [0.05, 0.1) is 0 Å². The van der Waals surface area contributed by atoms with Gasteiger partial charge in [0, 0.05) is 39.6 Å². The molecule has 0 saturated heterocycles. The Balaban J connectivity index is 2.56. The molecule has 2 aliphatic carbocycles. The minimum absolute atomic E-state index is 0.0560. The van der Waals surface area contributed by atoms with Crippen LogP contribution in [0.4, 0.5) is 0 Å². The van der Waals surface area contributed by atoms with Crippen LogP contribution in [0.25, 0.3) is 0 Å². The number of hydrogen-bond acceptors (Lipinski definition) is 5. The molecule has 0 aliphatic heterocycles. The molecule has 0 radical (unpaired) electrons. The van der Waals surface area contributed by atoms with Gasteiger partial charge in [-0.1, -0.05) is 27.7 Å². The van der Waals surface area contributed by atoms with Crippen molar-refractivity contribution in [3.05, 3.63) is 0 Å². The van der Waals surface area contributed by atoms with E-state index < -0.39 is 17.8 Å². The van der Waals surface area contributed by atoms with Crippen molar-refractivity contribution in [2.75, 3.05) is 21.3 Å². The van der Waals surface area contributed by atoms with E-state index >= 15 is 0 Å². The Bertz CT molecular complexity index is 461. The quantitative estimate of drug-likeness (QED) is 0.744. The van der Waals surface area contributed by atoms with Crippen molar-refractivity contribution >= 4 is 11.6 Å². The third-order valence-corrected chi connectivity index (χ3v) is 6.22. The number of fused-ring (bicyclic) bond motifs is 1. The van der Waals surface area contributed by atoms with Crippen molar-refractivity contribution < 1.29 is 23.8 Å². The lowest BCUT2D eigenvalue weighted by Gasteiger charge is -2.63. The summed E-state index contributed by atoms with van der Waals surface area (Å²) in [5, 5.41) is 0. The van der Waals surface area contributed by atoms with Crippen LogP contribution in [0.2, 0.25) is 0 Å². The van der Waals surface area contributed by atoms with Gasteiger partial charge in [-0.2, -0.15) is 0 Å². The van der Waals surface area contributed by atoms with Crippen molar-refractivity contribution in [3.8, 4) is 0 Å². The number of rotatable bonds is 3. The third-order valence-electron chi connectivity index (χ3n) is 6.22. The second-order valence-corrected chi connectivity index (χ2v) is 7.23. The lowest BCUT2D eigenvalue weighted by molar-refractivity contribution is -0.260. The molecule has 0 aromatic rings. The van der Waals surface area contributed by atoms with Crippen LogP contribution in [0.5, 0.6) is 0 Å². The summed E-state index contributed by atoms with van der Waals surface area (Å²) >= 11 is 0. The summed E-state index contributed by atoms with van der Waals surface area (Å²) in [4.78, 5) is 25.8. The Hall–Kier alpha value is -0.780. The maximum Gasteiger partial charge on any atom is 0.256 e. The standard InChI is InChI=1S/C16H26O5/c1-14(2)11-9(17)8-10(19-5)16(20-6,21-7)13(18)12(11)15(14,3)4/h10-12H,8H2,1-7H3. The van der Waals surface area contributed by atoms with Crippen LogP contribution in [0.1, 0.15) is 34.1 Å². The highest BCUT2D eigenvalue weighted by molar-refractivity contribution is 6.00. The summed E-state index contributed by atoms with van der Waals surface area (Å²) in [6.07, 6.45) is -0.588. The summed E-state index contributed by atoms with van der Waals surface area (Å²) in [6, 6.07) is 0. The summed E-state index contributed by atoms with van der Waals surface area (Å²) in [5.41, 5.74) is -0.532. The van der Waals surface area contributed by atoms with E-state index in [1.54, 1.807) is 0 Å². The van der Waals surface area contributed by atoms with Gasteiger partial charge in [-0.3, -0.25) is 9.59 Å². The molecule has 5 heteroatoms. The van der Waals surface area contributed by atoms with Crippen LogP contribution in [0, 0.1) is 22.7 Å². The second kappa shape index (κ2) is 4.86. The van der Waals surface area contributed by atoms with E-state index in [4.69, 9.17) is 14.2 Å². The van der Waals surface area contributed by atoms with Gasteiger partial charge in [0.15, 0.2) is 5.78 Å². The maximum absolute atomic E-state index is 13.1. The van der Waals surface area contributed by atoms with Gasteiger partial charge in [-0.15, -0.1) is 0 Å². The highest BCUT2D eigenvalue weighted by atomic mass is 16.7. The lowest BCUT2D eigenvalue weighted by atomic mass is 9.39. The molecule has 0 aromatic carbocycles. The van der Waals surface area contributed by atoms with E-state index in [0.29, 0.717) is 0 Å². The molecule has 0 N–H and O–H groups in total. The Morgan fingerprint density at radius 1 is 0.905 bits per heavy atom. The highest BCUT2D eigenvalue weighted by Crippen LogP contribution is 2.66. The average Bonchev–Trinajstić information content (AvgIpc) is 2.52. The number of carbonyl (C=O) groups excluding carboxylic acids is 2. The first-order chi connectivity index (χ1) is 9.61. The van der Waals surface area contributed by atoms with Crippen LogP contribution >= 0.6 is 0 Å². The van der Waals surface area contributed by atoms with Gasteiger partial charge in [0.25, 0.3) is 5.79 Å². The fourth-order valence-corrected chi connectivity index (χ4v) is 4.21. The monoisotopic (exact) mass is 298 g/mol. The van der Waals surface area contributed by atoms with Crippen molar-refractivity contribution in [1.82, 2.24) is 0 Å². The van der Waals surface area contributed by atoms with Crippen LogP contribution in [-0.4, -0.2) is 44.8 Å². The number of ketones is 2. The number of hydrogen-bond donors (Lipinski definition) is 0. The number of methoxy groups -OCH3 is 3. The minimum atomic E-state index is -1.50. The molecule has 5 nitrogen and oxygen atoms in total. The van der Waals surface area contributed by atoms with Crippen molar-refractivity contribution in [3.63, 3.8) is 0 Å². The molecular weight excluding hydrogens is 272 g/mol. The van der Waals surface area contributed by atoms with Crippen LogP contribution in [0.15, 0.2) is 0 Å². The minimum Gasteiger partial charge on any atom is -0.375 e. The van der Waals surface area contributed by atoms with E-state index in [-0.39, 0.29) is 34.7 Å². The van der Waals surface area contributed by atoms with Crippen LogP contribution in [-0.2, 0) is 23.8 Å². The first-order valence-electron chi connectivity index (χ1n) is 7.32. The van der Waals surface area contributed by atoms with E-state index in [0.717, 1.165) is 0 Å². The maximum atomic E-state index is 13.1. The highest BCUT2D eigenvalue weighted by Gasteiger charge is 2.72. The van der Waals surface area contributed by atoms with Crippen LogP contribution < -0.4 is 0 Å². The number of ether oxygens (including phenoxy) is 3. The average molecular weight is 298 g/mol. The predicted molar refractivity (Wildman–Crippen MR) is 76.7 cm³/mol. The molecule has 120 valence electrons. The Morgan fingerprint density at radius 3 is 1.81 bits per heavy atom. The number of carbonyl (C=O) groups is 2. The van der Waals surface area contributed by atoms with Crippen molar-refractivity contribution in [2.45, 2.75) is 46.0 Å². The molecule has 0 bridgehead atoms. The van der Waals surface area contributed by atoms with E-state index in [9.17, 15) is 9.59 Å². The molecule has 2 rings (SSSR count). The van der Waals surface area contributed by atoms with Gasteiger partial charge in [-0.05, 0) is 10.8 Å². The second-order valence-electron chi connectivity index (χ2n) is 7.23. The molecule has 2 aliphatic rings. The van der Waals surface area contributed by atoms with E-state index in [1.807, 2.05) is 27.7 Å². The zero-order valence-corrected chi connectivity index (χ0v) is 14.0. The molecule has 0 aromatic heterocycles. The summed E-state index contributed by atoms with van der Waals surface area (Å²) in [7, 11) is 4.32. The zero-order valence-electron chi connectivity index (χ0n) is 14.0. The van der Waals surface area contributed by atoms with Crippen LogP contribution in [0.3, 0.4) is 0 Å². The van der Waals surface area contributed by atoms with E-state index in [2.05, 4.69) is 0 Å². The Morgan fingerprint density at radius 2 is 1.38 bits per heavy atom. The third kappa shape index (κ3) is 1.80. The van der Waals surface area contributed by atoms with Gasteiger partial charge in [0.1, 0.15) is 11.9 Å². The summed E-state index contributed by atoms with van der Waals surface area (Å²) in [5.74, 6) is -2.33. The molecule has 2 fully saturated rings. The molecule has 21 heavy (non-hydrogen) atoms. The van der Waals surface area contributed by atoms with E-state index in [1.165, 1.54) is 21.3 Å². The molecular formula is C16H26O5. The normalized spacial score (nSPS) is 36.6. The van der Waals surface area contributed by atoms with Gasteiger partial charge in [-0.25, -0.2) is 0 Å². The molecule has 0 heterocycles. The molecule has 0 spiro atoms. The van der Waals surface area contributed by atoms with Gasteiger partial charge in [0.2, 0.25) is 0 Å². The zero-order chi connectivity index (χ0) is 16.2. The Kier molecular flexibility index (Phi) is 3.84. The predicted octanol–water partition coefficient (Wildman–Crippen LogP) is 1.83. The van der Waals surface area contributed by atoms with Crippen molar-refractivity contribution in [2.24, 2.45) is 22.7 Å². The fraction of sp³-hybridized carbons (Fsp3) is 0.875. The summed E-state index contributed by atoms with van der Waals surface area (Å²) < 4.78 is 16.3. The van der Waals surface area contributed by atoms with Crippen molar-refractivity contribution in [1.29, 1.82) is 0 Å². The molecule has 3 unspecified atom stereocenters. The fourth-order valence-electron chi connectivity index (χ4n) is 4.21. The van der Waals surface area contributed by atoms with Gasteiger partial charge >= 0.3 is 0 Å². The molecule has 0 amide bonds. The molecule has 2 saturated carbocycles. The van der Waals surface area contributed by atoms with Gasteiger partial charge < -0.3 is 14.2 Å². The largest absolute Gasteiger partial charge is 0.375 e. The SMILES string of the molecule is COC1CC(=O)C2C(C(=O)C1(OC)OC)C(C)(C)C2(C)C. The Labute approximate surface area is 126 Å².